The van der Waals surface area contributed by atoms with Gasteiger partial charge in [-0.2, -0.15) is 5.26 Å². The van der Waals surface area contributed by atoms with Crippen molar-refractivity contribution < 1.29 is 4.39 Å². The predicted molar refractivity (Wildman–Crippen MR) is 111 cm³/mol. The van der Waals surface area contributed by atoms with E-state index in [1.165, 1.54) is 12.1 Å². The van der Waals surface area contributed by atoms with Crippen molar-refractivity contribution in [3.63, 3.8) is 0 Å². The van der Waals surface area contributed by atoms with Crippen LogP contribution in [0, 0.1) is 34.4 Å². The maximum atomic E-state index is 14.2. The van der Waals surface area contributed by atoms with Crippen LogP contribution in [0.15, 0.2) is 23.0 Å². The Labute approximate surface area is 169 Å². The van der Waals surface area contributed by atoms with Crippen LogP contribution in [-0.4, -0.2) is 29.1 Å². The number of piperidine rings is 1. The highest BCUT2D eigenvalue weighted by Crippen LogP contribution is 2.25. The van der Waals surface area contributed by atoms with Crippen molar-refractivity contribution in [3.8, 4) is 29.2 Å². The van der Waals surface area contributed by atoms with Crippen molar-refractivity contribution in [2.75, 3.05) is 18.0 Å². The molecule has 1 aromatic heterocycles. The van der Waals surface area contributed by atoms with Gasteiger partial charge in [0.25, 0.3) is 5.56 Å². The second-order valence-electron chi connectivity index (χ2n) is 8.24. The summed E-state index contributed by atoms with van der Waals surface area (Å²) in [6.07, 6.45) is 1.60. The molecule has 6 nitrogen and oxygen atoms in total. The van der Waals surface area contributed by atoms with Crippen LogP contribution in [0.4, 0.5) is 10.3 Å². The standard InChI is InChI=1S/C22H24FN5O/c1-22(2,3)9-6-17-19(14-4-5-15(13-24)18(23)12-14)26-21(27-20(17)29)28-10-7-16(25)8-11-28/h4-5,12,16H,7-8,10-11,25H2,1-3H3,(H,26,27,29). The molecule has 0 atom stereocenters. The predicted octanol–water partition coefficient (Wildman–Crippen LogP) is 2.77. The summed E-state index contributed by atoms with van der Waals surface area (Å²) in [6.45, 7) is 7.17. The fourth-order valence-corrected chi connectivity index (χ4v) is 3.05. The van der Waals surface area contributed by atoms with Crippen LogP contribution in [0.5, 0.6) is 0 Å². The summed E-state index contributed by atoms with van der Waals surface area (Å²) in [5.41, 5.74) is 6.10. The topological polar surface area (TPSA) is 98.8 Å². The van der Waals surface area contributed by atoms with Gasteiger partial charge >= 0.3 is 0 Å². The summed E-state index contributed by atoms with van der Waals surface area (Å²) in [6, 6.07) is 6.13. The first-order valence-corrected chi connectivity index (χ1v) is 9.56. The quantitative estimate of drug-likeness (QED) is 0.765. The molecule has 2 heterocycles. The van der Waals surface area contributed by atoms with Gasteiger partial charge in [-0.15, -0.1) is 0 Å². The number of halogens is 1. The van der Waals surface area contributed by atoms with Gasteiger partial charge < -0.3 is 10.6 Å². The van der Waals surface area contributed by atoms with E-state index in [-0.39, 0.29) is 28.1 Å². The first kappa shape index (κ1) is 20.6. The van der Waals surface area contributed by atoms with Crippen molar-refractivity contribution in [3.05, 3.63) is 45.5 Å². The van der Waals surface area contributed by atoms with E-state index in [1.54, 1.807) is 12.1 Å². The minimum Gasteiger partial charge on any atom is -0.342 e. The Balaban J connectivity index is 2.16. The largest absolute Gasteiger partial charge is 0.342 e. The highest BCUT2D eigenvalue weighted by atomic mass is 19.1. The maximum absolute atomic E-state index is 14.2. The second kappa shape index (κ2) is 8.06. The number of nitriles is 1. The Morgan fingerprint density at radius 1 is 1.31 bits per heavy atom. The number of nitrogens with zero attached hydrogens (tertiary/aromatic N) is 3. The molecule has 29 heavy (non-hydrogen) atoms. The molecule has 2 aromatic rings. The summed E-state index contributed by atoms with van der Waals surface area (Å²) in [7, 11) is 0. The molecule has 0 bridgehead atoms. The van der Waals surface area contributed by atoms with Gasteiger partial charge in [0.15, 0.2) is 0 Å². The lowest BCUT2D eigenvalue weighted by atomic mass is 9.97. The Bertz CT molecular complexity index is 1070. The van der Waals surface area contributed by atoms with Crippen LogP contribution in [0.3, 0.4) is 0 Å². The number of rotatable bonds is 2. The molecule has 0 saturated carbocycles. The second-order valence-corrected chi connectivity index (χ2v) is 8.24. The van der Waals surface area contributed by atoms with E-state index in [9.17, 15) is 9.18 Å². The monoisotopic (exact) mass is 393 g/mol. The van der Waals surface area contributed by atoms with Crippen LogP contribution >= 0.6 is 0 Å². The number of nitrogens with two attached hydrogens (primary N) is 1. The first-order chi connectivity index (χ1) is 13.7. The van der Waals surface area contributed by atoms with Crippen LogP contribution in [0.1, 0.15) is 44.7 Å². The number of benzene rings is 1. The van der Waals surface area contributed by atoms with E-state index in [0.29, 0.717) is 30.3 Å². The zero-order valence-corrected chi connectivity index (χ0v) is 16.8. The molecule has 3 rings (SSSR count). The molecule has 0 amide bonds. The molecule has 0 unspecified atom stereocenters. The Morgan fingerprint density at radius 2 is 2.00 bits per heavy atom. The van der Waals surface area contributed by atoms with Crippen molar-refractivity contribution in [1.82, 2.24) is 9.97 Å². The Morgan fingerprint density at radius 3 is 2.59 bits per heavy atom. The summed E-state index contributed by atoms with van der Waals surface area (Å²) in [4.78, 5) is 22.3. The third-order valence-corrected chi connectivity index (χ3v) is 4.67. The van der Waals surface area contributed by atoms with E-state index >= 15 is 0 Å². The third kappa shape index (κ3) is 4.82. The van der Waals surface area contributed by atoms with Crippen LogP contribution in [0.2, 0.25) is 0 Å². The average Bonchev–Trinajstić information content (AvgIpc) is 2.66. The van der Waals surface area contributed by atoms with E-state index in [2.05, 4.69) is 21.8 Å². The fourth-order valence-electron chi connectivity index (χ4n) is 3.05. The summed E-state index contributed by atoms with van der Waals surface area (Å²) in [5.74, 6) is 5.73. The molecule has 0 radical (unpaired) electrons. The van der Waals surface area contributed by atoms with E-state index in [0.717, 1.165) is 12.8 Å². The first-order valence-electron chi connectivity index (χ1n) is 9.56. The lowest BCUT2D eigenvalue weighted by Crippen LogP contribution is -2.41. The highest BCUT2D eigenvalue weighted by Gasteiger charge is 2.21. The van der Waals surface area contributed by atoms with Gasteiger partial charge in [-0.3, -0.25) is 9.78 Å². The third-order valence-electron chi connectivity index (χ3n) is 4.67. The molecule has 0 aliphatic carbocycles. The number of hydrogen-bond acceptors (Lipinski definition) is 5. The molecule has 1 aliphatic rings. The molecular formula is C22H24FN5O. The molecule has 1 fully saturated rings. The fraction of sp³-hybridized carbons (Fsp3) is 0.409. The van der Waals surface area contributed by atoms with E-state index in [1.807, 2.05) is 25.7 Å². The van der Waals surface area contributed by atoms with Crippen molar-refractivity contribution in [1.29, 1.82) is 5.26 Å². The zero-order valence-electron chi connectivity index (χ0n) is 16.8. The lowest BCUT2D eigenvalue weighted by Gasteiger charge is -2.30. The van der Waals surface area contributed by atoms with E-state index in [4.69, 9.17) is 11.0 Å². The normalized spacial score (nSPS) is 14.8. The average molecular weight is 393 g/mol. The smallest absolute Gasteiger partial charge is 0.268 e. The molecule has 150 valence electrons. The maximum Gasteiger partial charge on any atom is 0.268 e. The van der Waals surface area contributed by atoms with Gasteiger partial charge in [-0.1, -0.05) is 17.9 Å². The van der Waals surface area contributed by atoms with Crippen LogP contribution in [-0.2, 0) is 0 Å². The molecule has 7 heteroatoms. The molecule has 3 N–H and O–H groups in total. The number of H-pyrrole nitrogens is 1. The van der Waals surface area contributed by atoms with Gasteiger partial charge in [-0.05, 0) is 45.7 Å². The minimum atomic E-state index is -0.660. The van der Waals surface area contributed by atoms with Gasteiger partial charge in [-0.25, -0.2) is 9.37 Å². The Kier molecular flexibility index (Phi) is 5.72. The molecule has 1 aliphatic heterocycles. The highest BCUT2D eigenvalue weighted by molar-refractivity contribution is 5.69. The summed E-state index contributed by atoms with van der Waals surface area (Å²) >= 11 is 0. The summed E-state index contributed by atoms with van der Waals surface area (Å²) in [5, 5.41) is 8.99. The molecule has 1 aromatic carbocycles. The number of aromatic amines is 1. The van der Waals surface area contributed by atoms with Gasteiger partial charge in [0, 0.05) is 30.1 Å². The Hall–Kier alpha value is -3.16. The SMILES string of the molecule is CC(C)(C)C#Cc1c(-c2ccc(C#N)c(F)c2)nc(N2CCC(N)CC2)[nH]c1=O. The summed E-state index contributed by atoms with van der Waals surface area (Å²) < 4.78 is 14.2. The number of aromatic nitrogens is 2. The molecule has 1 saturated heterocycles. The minimum absolute atomic E-state index is 0.0637. The number of nitrogens with one attached hydrogen (secondary N) is 1. The van der Waals surface area contributed by atoms with Crippen molar-refractivity contribution >= 4 is 5.95 Å². The van der Waals surface area contributed by atoms with Crippen molar-refractivity contribution in [2.24, 2.45) is 11.1 Å². The van der Waals surface area contributed by atoms with Gasteiger partial charge in [0.2, 0.25) is 5.95 Å². The zero-order chi connectivity index (χ0) is 21.2. The van der Waals surface area contributed by atoms with Crippen LogP contribution in [0.25, 0.3) is 11.3 Å². The van der Waals surface area contributed by atoms with E-state index < -0.39 is 5.82 Å². The van der Waals surface area contributed by atoms with Crippen molar-refractivity contribution in [2.45, 2.75) is 39.7 Å². The van der Waals surface area contributed by atoms with Crippen LogP contribution < -0.4 is 16.2 Å². The number of hydrogen-bond donors (Lipinski definition) is 2. The van der Waals surface area contributed by atoms with Gasteiger partial charge in [0.1, 0.15) is 17.4 Å². The van der Waals surface area contributed by atoms with Gasteiger partial charge in [0.05, 0.1) is 11.3 Å². The molecular weight excluding hydrogens is 369 g/mol. The lowest BCUT2D eigenvalue weighted by molar-refractivity contribution is 0.495. The number of anilines is 1. The molecule has 0 spiro atoms.